The van der Waals surface area contributed by atoms with Crippen molar-refractivity contribution >= 4 is 16.7 Å². The van der Waals surface area contributed by atoms with Crippen molar-refractivity contribution in [1.29, 1.82) is 0 Å². The first kappa shape index (κ1) is 16.3. The number of nitrogens with one attached hydrogen (secondary N) is 3. The summed E-state index contributed by atoms with van der Waals surface area (Å²) in [6, 6.07) is 6.27. The summed E-state index contributed by atoms with van der Waals surface area (Å²) >= 11 is 0. The van der Waals surface area contributed by atoms with Gasteiger partial charge in [-0.2, -0.15) is 0 Å². The molecule has 0 amide bonds. The molecule has 0 aliphatic carbocycles. The number of ether oxygens (including phenoxy) is 1. The lowest BCUT2D eigenvalue weighted by atomic mass is 9.59. The van der Waals surface area contributed by atoms with Crippen molar-refractivity contribution in [3.8, 4) is 5.75 Å². The van der Waals surface area contributed by atoms with Crippen LogP contribution >= 0.6 is 0 Å². The Kier molecular flexibility index (Phi) is 3.35. The summed E-state index contributed by atoms with van der Waals surface area (Å²) in [5, 5.41) is 1.27. The minimum atomic E-state index is -0.142. The maximum absolute atomic E-state index is 13.2. The molecular weight excluding hydrogens is 326 g/mol. The predicted octanol–water partition coefficient (Wildman–Crippen LogP) is 0.348. The zero-order chi connectivity index (χ0) is 18.1. The molecule has 6 rings (SSSR count). The number of ketones is 1. The van der Waals surface area contributed by atoms with Crippen LogP contribution < -0.4 is 14.5 Å². The minimum absolute atomic E-state index is 0.0923. The van der Waals surface area contributed by atoms with Crippen LogP contribution in [0.25, 0.3) is 10.9 Å². The molecule has 3 N–H and O–H groups in total. The molecule has 26 heavy (non-hydrogen) atoms. The van der Waals surface area contributed by atoms with Crippen molar-refractivity contribution in [1.82, 2.24) is 4.98 Å². The van der Waals surface area contributed by atoms with Gasteiger partial charge in [0.25, 0.3) is 0 Å². The van der Waals surface area contributed by atoms with Crippen molar-refractivity contribution < 1.29 is 19.3 Å². The monoisotopic (exact) mass is 355 g/mol. The Balaban J connectivity index is 1.58. The first-order valence-corrected chi connectivity index (χ1v) is 9.89. The SMILES string of the molecule is CCCC12C[NH+]3CC(C)(C[NH+](C1)C3c1c[nH]c3ccc(OC)cc13)C2=O. The largest absolute Gasteiger partial charge is 0.497 e. The van der Waals surface area contributed by atoms with E-state index in [1.165, 1.54) is 16.5 Å². The highest BCUT2D eigenvalue weighted by molar-refractivity contribution is 5.92. The van der Waals surface area contributed by atoms with Crippen molar-refractivity contribution in [2.45, 2.75) is 32.9 Å². The molecule has 1 aromatic carbocycles. The number of methoxy groups -OCH3 is 1. The maximum atomic E-state index is 13.2. The highest BCUT2D eigenvalue weighted by Gasteiger charge is 2.69. The Labute approximate surface area is 154 Å². The smallest absolute Gasteiger partial charge is 0.242 e. The lowest BCUT2D eigenvalue weighted by Gasteiger charge is -2.59. The number of H-pyrrole nitrogens is 1. The summed E-state index contributed by atoms with van der Waals surface area (Å²) in [6.45, 7) is 8.38. The van der Waals surface area contributed by atoms with Gasteiger partial charge in [0.1, 0.15) is 42.8 Å². The second-order valence-electron chi connectivity index (χ2n) is 9.03. The van der Waals surface area contributed by atoms with E-state index < -0.39 is 0 Å². The fourth-order valence-electron chi connectivity index (χ4n) is 6.48. The predicted molar refractivity (Wildman–Crippen MR) is 99.4 cm³/mol. The number of aromatic nitrogens is 1. The molecular formula is C21H29N3O2+2. The van der Waals surface area contributed by atoms with E-state index in [4.69, 9.17) is 4.74 Å². The second-order valence-corrected chi connectivity index (χ2v) is 9.03. The molecule has 4 fully saturated rings. The molecule has 1 aromatic heterocycles. The van der Waals surface area contributed by atoms with Gasteiger partial charge in [0.15, 0.2) is 5.78 Å². The first-order valence-electron chi connectivity index (χ1n) is 9.89. The summed E-state index contributed by atoms with van der Waals surface area (Å²) in [7, 11) is 1.72. The molecule has 5 nitrogen and oxygen atoms in total. The van der Waals surface area contributed by atoms with Crippen LogP contribution in [0.5, 0.6) is 5.75 Å². The Hall–Kier alpha value is -1.85. The van der Waals surface area contributed by atoms with Gasteiger partial charge in [-0.15, -0.1) is 0 Å². The molecule has 5 heteroatoms. The van der Waals surface area contributed by atoms with Crippen molar-refractivity contribution in [3.63, 3.8) is 0 Å². The topological polar surface area (TPSA) is 51.0 Å². The number of aromatic amines is 1. The van der Waals surface area contributed by atoms with Gasteiger partial charge in [0.2, 0.25) is 6.17 Å². The number of carbonyl (C=O) groups excluding carboxylic acids is 1. The van der Waals surface area contributed by atoms with Gasteiger partial charge >= 0.3 is 0 Å². The summed E-state index contributed by atoms with van der Waals surface area (Å²) in [6.07, 6.45) is 4.75. The maximum Gasteiger partial charge on any atom is 0.242 e. The molecule has 2 aromatic rings. The van der Waals surface area contributed by atoms with Crippen LogP contribution in [-0.4, -0.2) is 44.1 Å². The van der Waals surface area contributed by atoms with Gasteiger partial charge < -0.3 is 9.72 Å². The third-order valence-corrected chi connectivity index (χ3v) is 7.17. The number of carbonyl (C=O) groups is 1. The minimum Gasteiger partial charge on any atom is -0.497 e. The van der Waals surface area contributed by atoms with E-state index in [0.29, 0.717) is 11.9 Å². The molecule has 4 bridgehead atoms. The fourth-order valence-corrected chi connectivity index (χ4v) is 6.48. The van der Waals surface area contributed by atoms with Crippen molar-refractivity contribution in [3.05, 3.63) is 30.0 Å². The van der Waals surface area contributed by atoms with E-state index in [1.54, 1.807) is 16.9 Å². The number of hydrogen-bond donors (Lipinski definition) is 3. The first-order chi connectivity index (χ1) is 12.5. The van der Waals surface area contributed by atoms with E-state index in [9.17, 15) is 4.79 Å². The quantitative estimate of drug-likeness (QED) is 0.741. The van der Waals surface area contributed by atoms with Crippen LogP contribution in [0.2, 0.25) is 0 Å². The average Bonchev–Trinajstić information content (AvgIpc) is 3.02. The van der Waals surface area contributed by atoms with Crippen molar-refractivity contribution in [2.24, 2.45) is 10.8 Å². The number of rotatable bonds is 4. The zero-order valence-corrected chi connectivity index (χ0v) is 15.9. The van der Waals surface area contributed by atoms with Crippen molar-refractivity contribution in [2.75, 3.05) is 33.3 Å². The van der Waals surface area contributed by atoms with Gasteiger partial charge in [-0.05, 0) is 31.5 Å². The normalized spacial score (nSPS) is 38.3. The Morgan fingerprint density at radius 2 is 1.96 bits per heavy atom. The third-order valence-electron chi connectivity index (χ3n) is 7.17. The Bertz CT molecular complexity index is 871. The Morgan fingerprint density at radius 3 is 2.62 bits per heavy atom. The molecule has 2 atom stereocenters. The van der Waals surface area contributed by atoms with Crippen LogP contribution in [0.15, 0.2) is 24.4 Å². The molecule has 4 aliphatic heterocycles. The molecule has 4 saturated heterocycles. The molecule has 5 heterocycles. The molecule has 0 radical (unpaired) electrons. The number of fused-ring (bicyclic) bond motifs is 1. The number of benzene rings is 1. The van der Waals surface area contributed by atoms with Crippen LogP contribution in [-0.2, 0) is 4.79 Å². The number of piperidine rings is 2. The van der Waals surface area contributed by atoms with Gasteiger partial charge in [-0.3, -0.25) is 14.6 Å². The average molecular weight is 355 g/mol. The van der Waals surface area contributed by atoms with Crippen LogP contribution in [0.4, 0.5) is 0 Å². The summed E-state index contributed by atoms with van der Waals surface area (Å²) in [5.41, 5.74) is 2.31. The van der Waals surface area contributed by atoms with Gasteiger partial charge in [-0.25, -0.2) is 0 Å². The molecule has 4 aliphatic rings. The van der Waals surface area contributed by atoms with E-state index >= 15 is 0 Å². The van der Waals surface area contributed by atoms with E-state index in [1.807, 2.05) is 6.07 Å². The van der Waals surface area contributed by atoms with E-state index in [0.717, 1.165) is 44.8 Å². The van der Waals surface area contributed by atoms with E-state index in [-0.39, 0.29) is 10.8 Å². The summed E-state index contributed by atoms with van der Waals surface area (Å²) < 4.78 is 5.46. The van der Waals surface area contributed by atoms with Gasteiger partial charge in [-0.1, -0.05) is 13.3 Å². The highest BCUT2D eigenvalue weighted by Crippen LogP contribution is 2.40. The Morgan fingerprint density at radius 1 is 1.23 bits per heavy atom. The highest BCUT2D eigenvalue weighted by atomic mass is 16.5. The third kappa shape index (κ3) is 2.01. The zero-order valence-electron chi connectivity index (χ0n) is 15.9. The van der Waals surface area contributed by atoms with Crippen LogP contribution in [0.3, 0.4) is 0 Å². The van der Waals surface area contributed by atoms with Gasteiger partial charge in [0.05, 0.1) is 12.7 Å². The lowest BCUT2D eigenvalue weighted by Crippen LogP contribution is -3.41. The summed E-state index contributed by atoms with van der Waals surface area (Å²) in [5.74, 6) is 1.46. The fraction of sp³-hybridized carbons (Fsp3) is 0.571. The number of Topliss-reactive ketones (excluding diaryl/α,β-unsaturated/α-hetero) is 1. The van der Waals surface area contributed by atoms with E-state index in [2.05, 4.69) is 37.2 Å². The second kappa shape index (κ2) is 5.33. The van der Waals surface area contributed by atoms with Crippen LogP contribution in [0, 0.1) is 10.8 Å². The van der Waals surface area contributed by atoms with Crippen LogP contribution in [0.1, 0.15) is 38.4 Å². The lowest BCUT2D eigenvalue weighted by molar-refractivity contribution is -1.18. The summed E-state index contributed by atoms with van der Waals surface area (Å²) in [4.78, 5) is 19.9. The molecule has 138 valence electrons. The molecule has 0 spiro atoms. The van der Waals surface area contributed by atoms with Gasteiger partial charge in [0, 0.05) is 17.1 Å². The molecule has 2 unspecified atom stereocenters. The number of quaternary nitrogens is 2. The molecule has 0 saturated carbocycles. The number of hydrogen-bond acceptors (Lipinski definition) is 2. The standard InChI is InChI=1S/C21H27N3O2/c1-4-7-21-12-23-10-20(2,19(21)25)11-24(13-21)18(23)16-9-22-17-6-5-14(26-3)8-15(16)17/h5-6,8-9,18,22H,4,7,10-13H2,1-3H3/p+2.